The van der Waals surface area contributed by atoms with Crippen molar-refractivity contribution in [2.45, 2.75) is 25.5 Å². The van der Waals surface area contributed by atoms with Crippen LogP contribution in [0.5, 0.6) is 0 Å². The molecule has 1 unspecified atom stereocenters. The molecule has 0 saturated carbocycles. The number of pyridine rings is 1. The van der Waals surface area contributed by atoms with Crippen LogP contribution in [0.15, 0.2) is 47.2 Å². The third kappa shape index (κ3) is 4.35. The van der Waals surface area contributed by atoms with Gasteiger partial charge in [-0.3, -0.25) is 9.78 Å². The average Bonchev–Trinajstić information content (AvgIpc) is 3.10. The van der Waals surface area contributed by atoms with Crippen molar-refractivity contribution < 1.29 is 9.53 Å². The summed E-state index contributed by atoms with van der Waals surface area (Å²) in [4.78, 5) is 19.0. The molecule has 24 heavy (non-hydrogen) atoms. The lowest BCUT2D eigenvalue weighted by molar-refractivity contribution is 0.0507. The Balaban J connectivity index is 1.84. The second-order valence-electron chi connectivity index (χ2n) is 5.81. The van der Waals surface area contributed by atoms with E-state index in [2.05, 4.69) is 20.9 Å². The Bertz CT molecular complexity index is 705. The lowest BCUT2D eigenvalue weighted by Gasteiger charge is -2.26. The Morgan fingerprint density at radius 3 is 3.00 bits per heavy atom. The van der Waals surface area contributed by atoms with E-state index in [0.29, 0.717) is 23.7 Å². The van der Waals surface area contributed by atoms with E-state index in [4.69, 9.17) is 16.3 Å². The van der Waals surface area contributed by atoms with Gasteiger partial charge in [0.2, 0.25) is 0 Å². The van der Waals surface area contributed by atoms with Crippen LogP contribution in [0.3, 0.4) is 0 Å². The number of aromatic nitrogens is 1. The predicted molar refractivity (Wildman–Crippen MR) is 97.1 cm³/mol. The van der Waals surface area contributed by atoms with E-state index in [1.54, 1.807) is 29.4 Å². The fourth-order valence-electron chi connectivity index (χ4n) is 2.80. The van der Waals surface area contributed by atoms with E-state index < -0.39 is 0 Å². The quantitative estimate of drug-likeness (QED) is 0.738. The zero-order chi connectivity index (χ0) is 16.9. The van der Waals surface area contributed by atoms with Gasteiger partial charge in [0.15, 0.2) is 0 Å². The minimum absolute atomic E-state index is 0.0801. The number of amides is 1. The first-order chi connectivity index (χ1) is 11.6. The molecule has 1 aliphatic rings. The van der Waals surface area contributed by atoms with Crippen molar-refractivity contribution in [3.05, 3.63) is 63.3 Å². The highest BCUT2D eigenvalue weighted by molar-refractivity contribution is 9.10. The summed E-state index contributed by atoms with van der Waals surface area (Å²) in [6.07, 6.45) is 5.59. The molecular formula is C18H18BrClN2O2. The number of hydrogen-bond acceptors (Lipinski definition) is 3. The third-order valence-corrected chi connectivity index (χ3v) is 4.81. The lowest BCUT2D eigenvalue weighted by Crippen LogP contribution is -2.37. The van der Waals surface area contributed by atoms with Crippen LogP contribution in [0.2, 0.25) is 5.02 Å². The van der Waals surface area contributed by atoms with Crippen LogP contribution in [0.25, 0.3) is 0 Å². The molecule has 0 bridgehead atoms. The first-order valence-electron chi connectivity index (χ1n) is 7.88. The van der Waals surface area contributed by atoms with Crippen LogP contribution in [0.1, 0.15) is 28.8 Å². The molecule has 6 heteroatoms. The third-order valence-electron chi connectivity index (χ3n) is 3.99. The molecule has 126 valence electrons. The second-order valence-corrected chi connectivity index (χ2v) is 7.13. The average molecular weight is 410 g/mol. The minimum atomic E-state index is -0.0966. The van der Waals surface area contributed by atoms with Gasteiger partial charge < -0.3 is 9.64 Å². The number of hydrogen-bond donors (Lipinski definition) is 0. The summed E-state index contributed by atoms with van der Waals surface area (Å²) in [5.74, 6) is -0.0966. The number of nitrogens with zero attached hydrogens (tertiary/aromatic N) is 2. The van der Waals surface area contributed by atoms with Gasteiger partial charge in [0.05, 0.1) is 16.7 Å². The van der Waals surface area contributed by atoms with E-state index in [-0.39, 0.29) is 12.0 Å². The molecule has 0 radical (unpaired) electrons. The van der Waals surface area contributed by atoms with E-state index in [1.807, 2.05) is 18.2 Å². The first-order valence-corrected chi connectivity index (χ1v) is 9.05. The first kappa shape index (κ1) is 17.4. The summed E-state index contributed by atoms with van der Waals surface area (Å²) in [5, 5.41) is 0.451. The standard InChI is InChI=1S/C18H18BrClN2O2/c19-14-5-6-17(20)16(9-14)18(23)22(12-15-4-2-8-24-15)11-13-3-1-7-21-10-13/h1,3,5-7,9-10,15H,2,4,8,11-12H2. The number of halogens is 2. The Hall–Kier alpha value is -1.43. The van der Waals surface area contributed by atoms with Gasteiger partial charge >= 0.3 is 0 Å². The molecule has 1 aromatic heterocycles. The Morgan fingerprint density at radius 2 is 2.29 bits per heavy atom. The SMILES string of the molecule is O=C(c1cc(Br)ccc1Cl)N(Cc1cccnc1)CC1CCCO1. The van der Waals surface area contributed by atoms with E-state index in [1.165, 1.54) is 0 Å². The molecule has 1 amide bonds. The normalized spacial score (nSPS) is 17.0. The molecule has 2 heterocycles. The Morgan fingerprint density at radius 1 is 1.42 bits per heavy atom. The summed E-state index contributed by atoms with van der Waals surface area (Å²) in [5.41, 5.74) is 1.47. The molecule has 1 fully saturated rings. The molecular weight excluding hydrogens is 392 g/mol. The monoisotopic (exact) mass is 408 g/mol. The smallest absolute Gasteiger partial charge is 0.255 e. The number of ether oxygens (including phenoxy) is 1. The van der Waals surface area contributed by atoms with Crippen molar-refractivity contribution >= 4 is 33.4 Å². The van der Waals surface area contributed by atoms with Crippen molar-refractivity contribution in [2.24, 2.45) is 0 Å². The second kappa shape index (κ2) is 8.10. The zero-order valence-corrected chi connectivity index (χ0v) is 15.5. The molecule has 1 saturated heterocycles. The van der Waals surface area contributed by atoms with Crippen LogP contribution < -0.4 is 0 Å². The molecule has 2 aromatic rings. The molecule has 0 spiro atoms. The molecule has 1 aliphatic heterocycles. The number of carbonyl (C=O) groups is 1. The van der Waals surface area contributed by atoms with Crippen molar-refractivity contribution in [2.75, 3.05) is 13.2 Å². The maximum atomic E-state index is 13.1. The van der Waals surface area contributed by atoms with Crippen molar-refractivity contribution in [1.82, 2.24) is 9.88 Å². The summed E-state index contributed by atoms with van der Waals surface area (Å²) in [6.45, 7) is 1.79. The van der Waals surface area contributed by atoms with Crippen LogP contribution in [0.4, 0.5) is 0 Å². The fraction of sp³-hybridized carbons (Fsp3) is 0.333. The van der Waals surface area contributed by atoms with Gasteiger partial charge in [0.25, 0.3) is 5.91 Å². The van der Waals surface area contributed by atoms with Gasteiger partial charge in [0, 0.05) is 36.6 Å². The van der Waals surface area contributed by atoms with Gasteiger partial charge in [-0.25, -0.2) is 0 Å². The van der Waals surface area contributed by atoms with Crippen molar-refractivity contribution in [3.63, 3.8) is 0 Å². The van der Waals surface area contributed by atoms with Crippen LogP contribution in [-0.2, 0) is 11.3 Å². The van der Waals surface area contributed by atoms with Gasteiger partial charge in [0.1, 0.15) is 0 Å². The maximum Gasteiger partial charge on any atom is 0.255 e. The van der Waals surface area contributed by atoms with E-state index in [0.717, 1.165) is 29.5 Å². The Kier molecular flexibility index (Phi) is 5.87. The predicted octanol–water partition coefficient (Wildman–Crippen LogP) is 4.32. The molecule has 4 nitrogen and oxygen atoms in total. The van der Waals surface area contributed by atoms with Crippen molar-refractivity contribution in [3.8, 4) is 0 Å². The van der Waals surface area contributed by atoms with Gasteiger partial charge in [-0.15, -0.1) is 0 Å². The zero-order valence-electron chi connectivity index (χ0n) is 13.1. The summed E-state index contributed by atoms with van der Waals surface area (Å²) < 4.78 is 6.54. The minimum Gasteiger partial charge on any atom is -0.376 e. The summed E-state index contributed by atoms with van der Waals surface area (Å²) in [7, 11) is 0. The van der Waals surface area contributed by atoms with Gasteiger partial charge in [-0.05, 0) is 42.7 Å². The molecule has 0 N–H and O–H groups in total. The highest BCUT2D eigenvalue weighted by Gasteiger charge is 2.25. The fourth-order valence-corrected chi connectivity index (χ4v) is 3.36. The molecule has 1 atom stereocenters. The van der Waals surface area contributed by atoms with Gasteiger partial charge in [-0.1, -0.05) is 33.6 Å². The molecule has 3 rings (SSSR count). The van der Waals surface area contributed by atoms with Crippen LogP contribution >= 0.6 is 27.5 Å². The Labute approximate surface area is 154 Å². The largest absolute Gasteiger partial charge is 0.376 e. The van der Waals surface area contributed by atoms with Crippen LogP contribution in [0, 0.1) is 0 Å². The lowest BCUT2D eigenvalue weighted by atomic mass is 10.1. The highest BCUT2D eigenvalue weighted by Crippen LogP contribution is 2.24. The number of carbonyl (C=O) groups excluding carboxylic acids is 1. The molecule has 1 aromatic carbocycles. The van der Waals surface area contributed by atoms with Crippen molar-refractivity contribution in [1.29, 1.82) is 0 Å². The van der Waals surface area contributed by atoms with Gasteiger partial charge in [-0.2, -0.15) is 0 Å². The summed E-state index contributed by atoms with van der Waals surface area (Å²) >= 11 is 9.65. The number of rotatable bonds is 5. The highest BCUT2D eigenvalue weighted by atomic mass is 79.9. The van der Waals surface area contributed by atoms with E-state index >= 15 is 0 Å². The number of benzene rings is 1. The van der Waals surface area contributed by atoms with Crippen LogP contribution in [-0.4, -0.2) is 35.0 Å². The van der Waals surface area contributed by atoms with E-state index in [9.17, 15) is 4.79 Å². The molecule has 0 aliphatic carbocycles. The topological polar surface area (TPSA) is 42.4 Å². The summed E-state index contributed by atoms with van der Waals surface area (Å²) in [6, 6.07) is 9.15. The maximum absolute atomic E-state index is 13.1.